The van der Waals surface area contributed by atoms with Gasteiger partial charge in [-0.2, -0.15) is 0 Å². The number of ether oxygens (including phenoxy) is 1. The van der Waals surface area contributed by atoms with Crippen molar-refractivity contribution < 1.29 is 14.3 Å². The van der Waals surface area contributed by atoms with E-state index in [1.54, 1.807) is 18.2 Å². The van der Waals surface area contributed by atoms with Crippen LogP contribution < -0.4 is 15.4 Å². The molecule has 1 saturated carbocycles. The molecule has 3 rings (SSSR count). The van der Waals surface area contributed by atoms with Crippen LogP contribution in [0.1, 0.15) is 12.0 Å². The fraction of sp³-hybridized carbons (Fsp3) is 0.263. The van der Waals surface area contributed by atoms with Gasteiger partial charge in [-0.05, 0) is 43.2 Å². The quantitative estimate of drug-likeness (QED) is 0.852. The second kappa shape index (κ2) is 7.15. The van der Waals surface area contributed by atoms with Crippen LogP contribution in [0.25, 0.3) is 0 Å². The number of rotatable bonds is 5. The number of hydrogen-bond donors (Lipinski definition) is 2. The van der Waals surface area contributed by atoms with Crippen LogP contribution in [0.15, 0.2) is 42.5 Å². The Bertz CT molecular complexity index is 822. The van der Waals surface area contributed by atoms with E-state index in [-0.39, 0.29) is 23.7 Å². The molecule has 130 valence electrons. The molecule has 1 aliphatic carbocycles. The van der Waals surface area contributed by atoms with Gasteiger partial charge in [0.25, 0.3) is 0 Å². The van der Waals surface area contributed by atoms with E-state index in [2.05, 4.69) is 10.6 Å². The number of carbonyl (C=O) groups is 2. The summed E-state index contributed by atoms with van der Waals surface area (Å²) in [6.07, 6.45) is 0.549. The third-order valence-electron chi connectivity index (χ3n) is 4.29. The number of para-hydroxylation sites is 1. The van der Waals surface area contributed by atoms with Crippen molar-refractivity contribution in [2.45, 2.75) is 13.3 Å². The largest absolute Gasteiger partial charge is 0.495 e. The molecular weight excluding hydrogens is 340 g/mol. The molecular formula is C19H19ClN2O3. The number of nitrogens with one attached hydrogen (secondary N) is 2. The number of anilines is 2. The minimum absolute atomic E-state index is 0.123. The number of amides is 2. The molecule has 6 heteroatoms. The van der Waals surface area contributed by atoms with Crippen molar-refractivity contribution in [2.75, 3.05) is 17.7 Å². The first kappa shape index (κ1) is 17.3. The van der Waals surface area contributed by atoms with Crippen LogP contribution in [0.5, 0.6) is 5.75 Å². The molecule has 1 fully saturated rings. The molecule has 25 heavy (non-hydrogen) atoms. The highest BCUT2D eigenvalue weighted by molar-refractivity contribution is 6.32. The highest BCUT2D eigenvalue weighted by Gasteiger charge is 2.48. The fourth-order valence-corrected chi connectivity index (χ4v) is 2.95. The lowest BCUT2D eigenvalue weighted by molar-refractivity contribution is -0.122. The maximum atomic E-state index is 12.3. The molecule has 5 nitrogen and oxygen atoms in total. The van der Waals surface area contributed by atoms with Gasteiger partial charge in [-0.1, -0.05) is 29.8 Å². The monoisotopic (exact) mass is 358 g/mol. The van der Waals surface area contributed by atoms with Gasteiger partial charge in [0, 0.05) is 11.4 Å². The van der Waals surface area contributed by atoms with Gasteiger partial charge in [-0.15, -0.1) is 0 Å². The molecule has 1 aliphatic rings. The lowest BCUT2D eigenvalue weighted by Gasteiger charge is -2.09. The number of carbonyl (C=O) groups excluding carboxylic acids is 2. The van der Waals surface area contributed by atoms with Gasteiger partial charge in [0.15, 0.2) is 0 Å². The van der Waals surface area contributed by atoms with Crippen molar-refractivity contribution in [2.24, 2.45) is 11.8 Å². The standard InChI is InChI=1S/C19H19ClN2O3/c1-11-5-3-4-6-16(11)22-19(24)14-10-13(14)18(23)21-12-7-8-17(25-2)15(20)9-12/h3-9,13-14H,10H2,1-2H3,(H,21,23)(H,22,24). The Labute approximate surface area is 151 Å². The Morgan fingerprint density at radius 2 is 1.76 bits per heavy atom. The van der Waals surface area contributed by atoms with E-state index in [1.165, 1.54) is 7.11 Å². The normalized spacial score (nSPS) is 18.4. The molecule has 2 amide bonds. The zero-order valence-corrected chi connectivity index (χ0v) is 14.8. The molecule has 0 bridgehead atoms. The third-order valence-corrected chi connectivity index (χ3v) is 4.58. The summed E-state index contributed by atoms with van der Waals surface area (Å²) in [4.78, 5) is 24.6. The number of methoxy groups -OCH3 is 1. The van der Waals surface area contributed by atoms with Crippen molar-refractivity contribution in [3.63, 3.8) is 0 Å². The Balaban J connectivity index is 1.57. The van der Waals surface area contributed by atoms with Crippen LogP contribution in [-0.4, -0.2) is 18.9 Å². The van der Waals surface area contributed by atoms with Gasteiger partial charge in [0.1, 0.15) is 5.75 Å². The Hall–Kier alpha value is -2.53. The minimum atomic E-state index is -0.315. The average Bonchev–Trinajstić information content (AvgIpc) is 3.38. The second-order valence-electron chi connectivity index (χ2n) is 6.09. The van der Waals surface area contributed by atoms with E-state index in [9.17, 15) is 9.59 Å². The van der Waals surface area contributed by atoms with Gasteiger partial charge in [0.05, 0.1) is 24.0 Å². The van der Waals surface area contributed by atoms with Crippen LogP contribution in [0.4, 0.5) is 11.4 Å². The first-order chi connectivity index (χ1) is 12.0. The first-order valence-electron chi connectivity index (χ1n) is 8.00. The summed E-state index contributed by atoms with van der Waals surface area (Å²) >= 11 is 6.05. The van der Waals surface area contributed by atoms with E-state index in [0.29, 0.717) is 22.9 Å². The van der Waals surface area contributed by atoms with Gasteiger partial charge in [-0.3, -0.25) is 9.59 Å². The molecule has 2 unspecified atom stereocenters. The van der Waals surface area contributed by atoms with Crippen molar-refractivity contribution in [3.8, 4) is 5.75 Å². The average molecular weight is 359 g/mol. The number of halogens is 1. The van der Waals surface area contributed by atoms with Gasteiger partial charge in [-0.25, -0.2) is 0 Å². The summed E-state index contributed by atoms with van der Waals surface area (Å²) < 4.78 is 5.08. The molecule has 0 heterocycles. The molecule has 0 radical (unpaired) electrons. The number of aryl methyl sites for hydroxylation is 1. The zero-order chi connectivity index (χ0) is 18.0. The van der Waals surface area contributed by atoms with Gasteiger partial charge < -0.3 is 15.4 Å². The smallest absolute Gasteiger partial charge is 0.228 e. The van der Waals surface area contributed by atoms with Crippen molar-refractivity contribution >= 4 is 34.8 Å². The zero-order valence-electron chi connectivity index (χ0n) is 14.0. The number of hydrogen-bond acceptors (Lipinski definition) is 3. The highest BCUT2D eigenvalue weighted by atomic mass is 35.5. The molecule has 0 saturated heterocycles. The van der Waals surface area contributed by atoms with E-state index >= 15 is 0 Å². The summed E-state index contributed by atoms with van der Waals surface area (Å²) in [6.45, 7) is 1.93. The van der Waals surface area contributed by atoms with Crippen LogP contribution >= 0.6 is 11.6 Å². The minimum Gasteiger partial charge on any atom is -0.495 e. The van der Waals surface area contributed by atoms with E-state index < -0.39 is 0 Å². The van der Waals surface area contributed by atoms with Crippen molar-refractivity contribution in [3.05, 3.63) is 53.1 Å². The van der Waals surface area contributed by atoms with E-state index in [1.807, 2.05) is 31.2 Å². The fourth-order valence-electron chi connectivity index (χ4n) is 2.69. The molecule has 0 aliphatic heterocycles. The predicted octanol–water partition coefficient (Wildman–Crippen LogP) is 3.87. The Kier molecular flexibility index (Phi) is 4.95. The van der Waals surface area contributed by atoms with Crippen molar-refractivity contribution in [1.82, 2.24) is 0 Å². The summed E-state index contributed by atoms with van der Waals surface area (Å²) in [6, 6.07) is 12.6. The summed E-state index contributed by atoms with van der Waals surface area (Å²) in [5, 5.41) is 6.11. The second-order valence-corrected chi connectivity index (χ2v) is 6.50. The topological polar surface area (TPSA) is 67.4 Å². The maximum absolute atomic E-state index is 12.3. The highest BCUT2D eigenvalue weighted by Crippen LogP contribution is 2.40. The SMILES string of the molecule is COc1ccc(NC(=O)C2CC2C(=O)Nc2ccccc2C)cc1Cl. The summed E-state index contributed by atoms with van der Waals surface area (Å²) in [5.41, 5.74) is 2.35. The number of benzene rings is 2. The molecule has 2 aromatic carbocycles. The van der Waals surface area contributed by atoms with Crippen LogP contribution in [0, 0.1) is 18.8 Å². The summed E-state index contributed by atoms with van der Waals surface area (Å²) in [7, 11) is 1.53. The van der Waals surface area contributed by atoms with E-state index in [0.717, 1.165) is 11.3 Å². The van der Waals surface area contributed by atoms with Crippen molar-refractivity contribution in [1.29, 1.82) is 0 Å². The van der Waals surface area contributed by atoms with Gasteiger partial charge in [0.2, 0.25) is 11.8 Å². The van der Waals surface area contributed by atoms with Crippen LogP contribution in [0.2, 0.25) is 5.02 Å². The van der Waals surface area contributed by atoms with E-state index in [4.69, 9.17) is 16.3 Å². The maximum Gasteiger partial charge on any atom is 0.228 e. The lowest BCUT2D eigenvalue weighted by Crippen LogP contribution is -2.20. The van der Waals surface area contributed by atoms with Crippen LogP contribution in [0.3, 0.4) is 0 Å². The lowest BCUT2D eigenvalue weighted by atomic mass is 10.2. The molecule has 2 N–H and O–H groups in total. The van der Waals surface area contributed by atoms with Gasteiger partial charge >= 0.3 is 0 Å². The molecule has 2 aromatic rings. The summed E-state index contributed by atoms with van der Waals surface area (Å²) in [5.74, 6) is -0.367. The third kappa shape index (κ3) is 3.94. The van der Waals surface area contributed by atoms with Crippen LogP contribution in [-0.2, 0) is 9.59 Å². The first-order valence-corrected chi connectivity index (χ1v) is 8.38. The molecule has 0 aromatic heterocycles. The predicted molar refractivity (Wildman–Crippen MR) is 98.0 cm³/mol. The molecule has 0 spiro atoms. The Morgan fingerprint density at radius 1 is 1.08 bits per heavy atom. The molecule has 2 atom stereocenters. The Morgan fingerprint density at radius 3 is 2.40 bits per heavy atom.